The van der Waals surface area contributed by atoms with Crippen LogP contribution in [0.1, 0.15) is 48.8 Å². The molecule has 2 aromatic rings. The first-order chi connectivity index (χ1) is 11.3. The molecule has 4 nitrogen and oxygen atoms in total. The SMILES string of the molecule is CC(C)(C)NC(=O)c1ccc(NC(=O)CCCc2cccs2)cc1. The van der Waals surface area contributed by atoms with Crippen LogP contribution in [0.2, 0.25) is 0 Å². The van der Waals surface area contributed by atoms with Crippen molar-refractivity contribution in [1.29, 1.82) is 0 Å². The molecule has 0 bridgehead atoms. The van der Waals surface area contributed by atoms with E-state index in [9.17, 15) is 9.59 Å². The van der Waals surface area contributed by atoms with E-state index < -0.39 is 0 Å². The van der Waals surface area contributed by atoms with Crippen LogP contribution in [0, 0.1) is 0 Å². The Labute approximate surface area is 147 Å². The van der Waals surface area contributed by atoms with Gasteiger partial charge in [0.15, 0.2) is 0 Å². The summed E-state index contributed by atoms with van der Waals surface area (Å²) in [6, 6.07) is 11.1. The van der Waals surface area contributed by atoms with Gasteiger partial charge in [-0.25, -0.2) is 0 Å². The largest absolute Gasteiger partial charge is 0.347 e. The zero-order valence-electron chi connectivity index (χ0n) is 14.4. The molecule has 1 aromatic heterocycles. The molecule has 0 aliphatic rings. The molecule has 0 saturated heterocycles. The summed E-state index contributed by atoms with van der Waals surface area (Å²) >= 11 is 1.72. The third-order valence-corrected chi connectivity index (χ3v) is 4.26. The lowest BCUT2D eigenvalue weighted by Crippen LogP contribution is -2.40. The number of carbonyl (C=O) groups excluding carboxylic acids is 2. The number of aryl methyl sites for hydroxylation is 1. The standard InChI is InChI=1S/C19H24N2O2S/c1-19(2,3)21-18(23)14-9-11-15(12-10-14)20-17(22)8-4-6-16-7-5-13-24-16/h5,7,9-13H,4,6,8H2,1-3H3,(H,20,22)(H,21,23). The Balaban J connectivity index is 1.80. The summed E-state index contributed by atoms with van der Waals surface area (Å²) in [6.45, 7) is 5.82. The smallest absolute Gasteiger partial charge is 0.251 e. The van der Waals surface area contributed by atoms with Gasteiger partial charge in [0.1, 0.15) is 0 Å². The van der Waals surface area contributed by atoms with E-state index in [4.69, 9.17) is 0 Å². The Hall–Kier alpha value is -2.14. The Morgan fingerprint density at radius 3 is 2.38 bits per heavy atom. The van der Waals surface area contributed by atoms with Gasteiger partial charge in [0.25, 0.3) is 5.91 Å². The number of rotatable bonds is 6. The van der Waals surface area contributed by atoms with Crippen LogP contribution in [-0.2, 0) is 11.2 Å². The number of hydrogen-bond acceptors (Lipinski definition) is 3. The van der Waals surface area contributed by atoms with E-state index in [-0.39, 0.29) is 17.4 Å². The van der Waals surface area contributed by atoms with Gasteiger partial charge in [-0.15, -0.1) is 11.3 Å². The zero-order chi connectivity index (χ0) is 17.6. The topological polar surface area (TPSA) is 58.2 Å². The number of anilines is 1. The Bertz CT molecular complexity index is 670. The van der Waals surface area contributed by atoms with E-state index in [1.165, 1.54) is 4.88 Å². The lowest BCUT2D eigenvalue weighted by Gasteiger charge is -2.20. The van der Waals surface area contributed by atoms with E-state index in [1.54, 1.807) is 35.6 Å². The number of nitrogens with one attached hydrogen (secondary N) is 2. The van der Waals surface area contributed by atoms with Gasteiger partial charge >= 0.3 is 0 Å². The van der Waals surface area contributed by atoms with Crippen LogP contribution >= 0.6 is 11.3 Å². The highest BCUT2D eigenvalue weighted by atomic mass is 32.1. The van der Waals surface area contributed by atoms with E-state index in [0.29, 0.717) is 17.7 Å². The molecule has 2 N–H and O–H groups in total. The first kappa shape index (κ1) is 18.2. The van der Waals surface area contributed by atoms with Crippen molar-refractivity contribution in [2.24, 2.45) is 0 Å². The fourth-order valence-electron chi connectivity index (χ4n) is 2.22. The highest BCUT2D eigenvalue weighted by Crippen LogP contribution is 2.14. The minimum atomic E-state index is -0.271. The molecular formula is C19H24N2O2S. The first-order valence-electron chi connectivity index (χ1n) is 8.08. The second kappa shape index (κ2) is 8.11. The molecule has 2 rings (SSSR count). The van der Waals surface area contributed by atoms with E-state index in [2.05, 4.69) is 16.7 Å². The molecule has 0 spiro atoms. The third kappa shape index (κ3) is 6.16. The molecule has 1 heterocycles. The van der Waals surface area contributed by atoms with Crippen LogP contribution in [0.4, 0.5) is 5.69 Å². The summed E-state index contributed by atoms with van der Waals surface area (Å²) in [5, 5.41) is 7.83. The molecule has 0 aliphatic carbocycles. The molecule has 0 saturated carbocycles. The molecule has 128 valence electrons. The Morgan fingerprint density at radius 2 is 1.79 bits per heavy atom. The van der Waals surface area contributed by atoms with E-state index in [1.807, 2.05) is 32.2 Å². The van der Waals surface area contributed by atoms with Crippen LogP contribution in [0.5, 0.6) is 0 Å². The summed E-state index contributed by atoms with van der Waals surface area (Å²) in [5.41, 5.74) is 1.02. The van der Waals surface area contributed by atoms with Crippen LogP contribution in [0.25, 0.3) is 0 Å². The maximum atomic E-state index is 12.1. The van der Waals surface area contributed by atoms with Gasteiger partial charge in [-0.3, -0.25) is 9.59 Å². The monoisotopic (exact) mass is 344 g/mol. The number of amides is 2. The summed E-state index contributed by atoms with van der Waals surface area (Å²) in [6.07, 6.45) is 2.25. The van der Waals surface area contributed by atoms with Crippen molar-refractivity contribution in [3.05, 3.63) is 52.2 Å². The molecular weight excluding hydrogens is 320 g/mol. The molecule has 0 fully saturated rings. The van der Waals surface area contributed by atoms with Crippen LogP contribution in [-0.4, -0.2) is 17.4 Å². The van der Waals surface area contributed by atoms with Gasteiger partial charge in [-0.2, -0.15) is 0 Å². The number of hydrogen-bond donors (Lipinski definition) is 2. The van der Waals surface area contributed by atoms with Crippen molar-refractivity contribution in [2.45, 2.75) is 45.6 Å². The molecule has 24 heavy (non-hydrogen) atoms. The van der Waals surface area contributed by atoms with Crippen molar-refractivity contribution in [2.75, 3.05) is 5.32 Å². The maximum absolute atomic E-state index is 12.1. The van der Waals surface area contributed by atoms with Gasteiger partial charge in [-0.1, -0.05) is 6.07 Å². The molecule has 0 aliphatic heterocycles. The predicted octanol–water partition coefficient (Wildman–Crippen LogP) is 4.24. The minimum Gasteiger partial charge on any atom is -0.347 e. The molecule has 2 amide bonds. The van der Waals surface area contributed by atoms with Gasteiger partial charge in [0, 0.05) is 28.1 Å². The van der Waals surface area contributed by atoms with Gasteiger partial charge in [0.05, 0.1) is 0 Å². The van der Waals surface area contributed by atoms with Gasteiger partial charge in [-0.05, 0) is 69.3 Å². The van der Waals surface area contributed by atoms with Crippen LogP contribution in [0.3, 0.4) is 0 Å². The lowest BCUT2D eigenvalue weighted by molar-refractivity contribution is -0.116. The summed E-state index contributed by atoms with van der Waals surface area (Å²) in [4.78, 5) is 25.3. The molecule has 0 atom stereocenters. The molecule has 5 heteroatoms. The van der Waals surface area contributed by atoms with Gasteiger partial charge < -0.3 is 10.6 Å². The average molecular weight is 344 g/mol. The Morgan fingerprint density at radius 1 is 1.08 bits per heavy atom. The highest BCUT2D eigenvalue weighted by Gasteiger charge is 2.15. The molecule has 1 aromatic carbocycles. The van der Waals surface area contributed by atoms with E-state index >= 15 is 0 Å². The number of benzene rings is 1. The van der Waals surface area contributed by atoms with Crippen molar-refractivity contribution < 1.29 is 9.59 Å². The summed E-state index contributed by atoms with van der Waals surface area (Å²) < 4.78 is 0. The van der Waals surface area contributed by atoms with Crippen molar-refractivity contribution >= 4 is 28.8 Å². The van der Waals surface area contributed by atoms with Crippen molar-refractivity contribution in [1.82, 2.24) is 5.32 Å². The van der Waals surface area contributed by atoms with Crippen molar-refractivity contribution in [3.63, 3.8) is 0 Å². The second-order valence-corrected chi connectivity index (χ2v) is 7.79. The summed E-state index contributed by atoms with van der Waals surface area (Å²) in [7, 11) is 0. The normalized spacial score (nSPS) is 11.1. The number of thiophene rings is 1. The quantitative estimate of drug-likeness (QED) is 0.823. The minimum absolute atomic E-state index is 0.00144. The summed E-state index contributed by atoms with van der Waals surface area (Å²) in [5.74, 6) is -0.116. The second-order valence-electron chi connectivity index (χ2n) is 6.76. The Kier molecular flexibility index (Phi) is 6.15. The fraction of sp³-hybridized carbons (Fsp3) is 0.368. The maximum Gasteiger partial charge on any atom is 0.251 e. The first-order valence-corrected chi connectivity index (χ1v) is 8.96. The van der Waals surface area contributed by atoms with Crippen molar-refractivity contribution in [3.8, 4) is 0 Å². The average Bonchev–Trinajstić information content (AvgIpc) is 2.99. The molecule has 0 unspecified atom stereocenters. The highest BCUT2D eigenvalue weighted by molar-refractivity contribution is 7.09. The predicted molar refractivity (Wildman–Crippen MR) is 99.5 cm³/mol. The molecule has 0 radical (unpaired) electrons. The van der Waals surface area contributed by atoms with E-state index in [0.717, 1.165) is 12.8 Å². The van der Waals surface area contributed by atoms with Gasteiger partial charge in [0.2, 0.25) is 5.91 Å². The lowest BCUT2D eigenvalue weighted by atomic mass is 10.1. The fourth-order valence-corrected chi connectivity index (χ4v) is 2.97. The third-order valence-electron chi connectivity index (χ3n) is 3.33. The van der Waals surface area contributed by atoms with Crippen LogP contribution in [0.15, 0.2) is 41.8 Å². The zero-order valence-corrected chi connectivity index (χ0v) is 15.2. The van der Waals surface area contributed by atoms with Crippen LogP contribution < -0.4 is 10.6 Å². The number of carbonyl (C=O) groups is 2.